The largest absolute Gasteiger partial charge is 0.297 e. The topological polar surface area (TPSA) is 30.0 Å². The Balaban J connectivity index is 3.15. The average molecular weight is 162 g/mol. The van der Waals surface area contributed by atoms with Gasteiger partial charge in [-0.25, -0.2) is 4.98 Å². The van der Waals surface area contributed by atoms with Crippen LogP contribution in [0.3, 0.4) is 0 Å². The summed E-state index contributed by atoms with van der Waals surface area (Å²) in [6, 6.07) is 0. The van der Waals surface area contributed by atoms with Crippen molar-refractivity contribution in [3.05, 3.63) is 15.0 Å². The van der Waals surface area contributed by atoms with Crippen LogP contribution in [0, 0.1) is 6.92 Å². The molecule has 0 unspecified atom stereocenters. The van der Waals surface area contributed by atoms with Gasteiger partial charge < -0.3 is 0 Å². The predicted molar refractivity (Wildman–Crippen MR) is 37.2 cm³/mol. The zero-order valence-electron chi connectivity index (χ0n) is 4.72. The van der Waals surface area contributed by atoms with Crippen molar-refractivity contribution >= 4 is 29.2 Å². The fourth-order valence-corrected chi connectivity index (χ4v) is 1.46. The smallest absolute Gasteiger partial charge is 0.163 e. The van der Waals surface area contributed by atoms with Crippen LogP contribution in [0.4, 0.5) is 0 Å². The summed E-state index contributed by atoms with van der Waals surface area (Å²) in [5, 5.41) is 1.13. The molecule has 1 aromatic heterocycles. The van der Waals surface area contributed by atoms with E-state index in [1.807, 2.05) is 6.92 Å². The zero-order valence-corrected chi connectivity index (χ0v) is 6.29. The van der Waals surface area contributed by atoms with Crippen LogP contribution >= 0.6 is 22.9 Å². The third-order valence-corrected chi connectivity index (χ3v) is 2.12. The Hall–Kier alpha value is -0.410. The standard InChI is InChI=1S/C5H4ClNOS/c1-3-7-5(6)4(2-8)9-3/h2H,1H3. The number of rotatable bonds is 1. The van der Waals surface area contributed by atoms with Gasteiger partial charge in [-0.3, -0.25) is 4.79 Å². The second-order valence-corrected chi connectivity index (χ2v) is 3.10. The first kappa shape index (κ1) is 6.71. The Morgan fingerprint density at radius 1 is 1.78 bits per heavy atom. The Labute approximate surface area is 61.5 Å². The van der Waals surface area contributed by atoms with Crippen LogP contribution in [0.2, 0.25) is 5.15 Å². The average Bonchev–Trinajstić information content (AvgIpc) is 2.10. The number of aromatic nitrogens is 1. The number of thiazole rings is 1. The van der Waals surface area contributed by atoms with Gasteiger partial charge in [-0.15, -0.1) is 11.3 Å². The molecule has 2 nitrogen and oxygen atoms in total. The molecule has 0 atom stereocenters. The zero-order chi connectivity index (χ0) is 6.85. The SMILES string of the molecule is Cc1nc(Cl)c(C=O)s1. The van der Waals surface area contributed by atoms with Gasteiger partial charge in [0.1, 0.15) is 4.88 Å². The number of carbonyl (C=O) groups excluding carboxylic acids is 1. The molecule has 0 amide bonds. The quantitative estimate of drug-likeness (QED) is 0.589. The Morgan fingerprint density at radius 2 is 2.44 bits per heavy atom. The maximum atomic E-state index is 10.1. The summed E-state index contributed by atoms with van der Waals surface area (Å²) >= 11 is 6.82. The van der Waals surface area contributed by atoms with Crippen LogP contribution in [-0.2, 0) is 0 Å². The molecule has 1 aromatic rings. The molecule has 9 heavy (non-hydrogen) atoms. The van der Waals surface area contributed by atoms with Crippen molar-refractivity contribution in [2.45, 2.75) is 6.92 Å². The first-order valence-electron chi connectivity index (χ1n) is 2.32. The highest BCUT2D eigenvalue weighted by atomic mass is 35.5. The van der Waals surface area contributed by atoms with Crippen molar-refractivity contribution in [1.82, 2.24) is 4.98 Å². The minimum atomic E-state index is 0.313. The van der Waals surface area contributed by atoms with Gasteiger partial charge >= 0.3 is 0 Å². The van der Waals surface area contributed by atoms with E-state index in [2.05, 4.69) is 4.98 Å². The summed E-state index contributed by atoms with van der Waals surface area (Å²) in [6.45, 7) is 1.81. The lowest BCUT2D eigenvalue weighted by Gasteiger charge is -1.74. The maximum Gasteiger partial charge on any atom is 0.163 e. The van der Waals surface area contributed by atoms with Crippen LogP contribution in [0.1, 0.15) is 14.7 Å². The van der Waals surface area contributed by atoms with Gasteiger partial charge in [0.25, 0.3) is 0 Å². The third kappa shape index (κ3) is 1.28. The van der Waals surface area contributed by atoms with Crippen molar-refractivity contribution in [3.8, 4) is 0 Å². The molecule has 0 saturated carbocycles. The predicted octanol–water partition coefficient (Wildman–Crippen LogP) is 1.92. The Kier molecular flexibility index (Phi) is 1.83. The normalized spacial score (nSPS) is 9.56. The number of aldehydes is 1. The van der Waals surface area contributed by atoms with E-state index in [1.54, 1.807) is 0 Å². The molecule has 0 fully saturated rings. The molecule has 0 aliphatic heterocycles. The molecule has 0 saturated heterocycles. The second kappa shape index (κ2) is 2.45. The van der Waals surface area contributed by atoms with Crippen molar-refractivity contribution < 1.29 is 4.79 Å². The molecule has 1 rings (SSSR count). The van der Waals surface area contributed by atoms with Crippen LogP contribution in [-0.4, -0.2) is 11.3 Å². The molecule has 0 spiro atoms. The molecule has 0 bridgehead atoms. The summed E-state index contributed by atoms with van der Waals surface area (Å²) in [5.41, 5.74) is 0. The third-order valence-electron chi connectivity index (χ3n) is 0.824. The van der Waals surface area contributed by atoms with E-state index in [4.69, 9.17) is 11.6 Å². The van der Waals surface area contributed by atoms with Gasteiger partial charge in [0.2, 0.25) is 0 Å². The summed E-state index contributed by atoms with van der Waals surface area (Å²) in [6.07, 6.45) is 0.715. The van der Waals surface area contributed by atoms with Gasteiger partial charge in [0, 0.05) is 0 Å². The molecule has 48 valence electrons. The van der Waals surface area contributed by atoms with E-state index in [-0.39, 0.29) is 0 Å². The van der Waals surface area contributed by atoms with Gasteiger partial charge in [-0.1, -0.05) is 11.6 Å². The fourth-order valence-electron chi connectivity index (χ4n) is 0.490. The van der Waals surface area contributed by atoms with Crippen molar-refractivity contribution in [2.24, 2.45) is 0 Å². The molecule has 0 aliphatic carbocycles. The van der Waals surface area contributed by atoms with Gasteiger partial charge in [-0.05, 0) is 6.92 Å². The highest BCUT2D eigenvalue weighted by Crippen LogP contribution is 2.19. The van der Waals surface area contributed by atoms with Crippen LogP contribution < -0.4 is 0 Å². The number of halogens is 1. The summed E-state index contributed by atoms with van der Waals surface area (Å²) in [4.78, 5) is 14.5. The number of nitrogens with zero attached hydrogens (tertiary/aromatic N) is 1. The maximum absolute atomic E-state index is 10.1. The molecule has 0 N–H and O–H groups in total. The molecular formula is C5H4ClNOS. The summed E-state index contributed by atoms with van der Waals surface area (Å²) in [7, 11) is 0. The van der Waals surface area contributed by atoms with Crippen LogP contribution in [0.15, 0.2) is 0 Å². The molecule has 1 heterocycles. The van der Waals surface area contributed by atoms with E-state index in [0.29, 0.717) is 16.3 Å². The first-order chi connectivity index (χ1) is 4.24. The minimum Gasteiger partial charge on any atom is -0.297 e. The van der Waals surface area contributed by atoms with Crippen LogP contribution in [0.5, 0.6) is 0 Å². The summed E-state index contributed by atoms with van der Waals surface area (Å²) < 4.78 is 0. The lowest BCUT2D eigenvalue weighted by Crippen LogP contribution is -1.70. The lowest BCUT2D eigenvalue weighted by atomic mass is 10.6. The summed E-state index contributed by atoms with van der Waals surface area (Å²) in [5.74, 6) is 0. The molecule has 4 heteroatoms. The van der Waals surface area contributed by atoms with E-state index in [1.165, 1.54) is 11.3 Å². The lowest BCUT2D eigenvalue weighted by molar-refractivity contribution is 0.112. The van der Waals surface area contributed by atoms with Gasteiger partial charge in [0.15, 0.2) is 11.4 Å². The van der Waals surface area contributed by atoms with E-state index in [9.17, 15) is 4.79 Å². The van der Waals surface area contributed by atoms with Crippen LogP contribution in [0.25, 0.3) is 0 Å². The van der Waals surface area contributed by atoms with Crippen molar-refractivity contribution in [1.29, 1.82) is 0 Å². The van der Waals surface area contributed by atoms with E-state index < -0.39 is 0 Å². The second-order valence-electron chi connectivity index (χ2n) is 1.51. The molecule has 0 radical (unpaired) electrons. The van der Waals surface area contributed by atoms with E-state index >= 15 is 0 Å². The minimum absolute atomic E-state index is 0.313. The molecule has 0 aliphatic rings. The van der Waals surface area contributed by atoms with E-state index in [0.717, 1.165) is 5.01 Å². The molecular weight excluding hydrogens is 158 g/mol. The number of aryl methyl sites for hydroxylation is 1. The number of hydrogen-bond acceptors (Lipinski definition) is 3. The Morgan fingerprint density at radius 3 is 2.67 bits per heavy atom. The Bertz CT molecular complexity index is 233. The number of hydrogen-bond donors (Lipinski definition) is 0. The fraction of sp³-hybridized carbons (Fsp3) is 0.200. The van der Waals surface area contributed by atoms with Gasteiger partial charge in [0.05, 0.1) is 5.01 Å². The highest BCUT2D eigenvalue weighted by Gasteiger charge is 2.02. The van der Waals surface area contributed by atoms with Crippen molar-refractivity contribution in [2.75, 3.05) is 0 Å². The van der Waals surface area contributed by atoms with Crippen molar-refractivity contribution in [3.63, 3.8) is 0 Å². The number of carbonyl (C=O) groups is 1. The highest BCUT2D eigenvalue weighted by molar-refractivity contribution is 7.13. The first-order valence-corrected chi connectivity index (χ1v) is 3.51. The molecule has 0 aromatic carbocycles. The monoisotopic (exact) mass is 161 g/mol. The van der Waals surface area contributed by atoms with Gasteiger partial charge in [-0.2, -0.15) is 0 Å².